The van der Waals surface area contributed by atoms with Crippen molar-refractivity contribution < 1.29 is 9.32 Å². The summed E-state index contributed by atoms with van der Waals surface area (Å²) < 4.78 is 4.67. The summed E-state index contributed by atoms with van der Waals surface area (Å²) in [4.78, 5) is 11.0. The van der Waals surface area contributed by atoms with Gasteiger partial charge in [0.05, 0.1) is 6.20 Å². The van der Waals surface area contributed by atoms with E-state index in [1.165, 1.54) is 6.20 Å². The first kappa shape index (κ1) is 7.78. The van der Waals surface area contributed by atoms with Gasteiger partial charge < -0.3 is 4.52 Å². The minimum absolute atomic E-state index is 0.0416. The number of aromatic nitrogens is 1. The SMILES string of the molecule is CC(C)C(=O)Nc1ccno1. The molecule has 0 aliphatic heterocycles. The van der Waals surface area contributed by atoms with E-state index >= 15 is 0 Å². The van der Waals surface area contributed by atoms with Crippen molar-refractivity contribution in [3.63, 3.8) is 0 Å². The van der Waals surface area contributed by atoms with Crippen LogP contribution in [0.4, 0.5) is 5.88 Å². The van der Waals surface area contributed by atoms with E-state index in [1.54, 1.807) is 6.07 Å². The summed E-state index contributed by atoms with van der Waals surface area (Å²) in [5.74, 6) is 0.283. The molecule has 1 aromatic rings. The van der Waals surface area contributed by atoms with Crippen LogP contribution in [0.5, 0.6) is 0 Å². The number of hydrogen-bond donors (Lipinski definition) is 1. The van der Waals surface area contributed by atoms with Gasteiger partial charge in [0.2, 0.25) is 11.8 Å². The summed E-state index contributed by atoms with van der Waals surface area (Å²) in [5, 5.41) is 6.00. The highest BCUT2D eigenvalue weighted by Crippen LogP contribution is 2.05. The predicted octanol–water partition coefficient (Wildman–Crippen LogP) is 1.27. The summed E-state index contributed by atoms with van der Waals surface area (Å²) in [7, 11) is 0. The molecule has 1 N–H and O–H groups in total. The first-order valence-electron chi connectivity index (χ1n) is 3.41. The van der Waals surface area contributed by atoms with Gasteiger partial charge >= 0.3 is 0 Å². The monoisotopic (exact) mass is 154 g/mol. The van der Waals surface area contributed by atoms with Gasteiger partial charge in [-0.2, -0.15) is 0 Å². The highest BCUT2D eigenvalue weighted by Gasteiger charge is 2.07. The van der Waals surface area contributed by atoms with E-state index in [0.717, 1.165) is 0 Å². The molecule has 0 fully saturated rings. The molecule has 0 aliphatic rings. The molecule has 4 nitrogen and oxygen atoms in total. The first-order valence-corrected chi connectivity index (χ1v) is 3.41. The van der Waals surface area contributed by atoms with Crippen LogP contribution >= 0.6 is 0 Å². The average molecular weight is 154 g/mol. The molecule has 0 unspecified atom stereocenters. The minimum Gasteiger partial charge on any atom is -0.338 e. The lowest BCUT2D eigenvalue weighted by Crippen LogP contribution is -2.17. The zero-order chi connectivity index (χ0) is 8.27. The summed E-state index contributed by atoms with van der Waals surface area (Å²) in [6, 6.07) is 1.60. The predicted molar refractivity (Wildman–Crippen MR) is 40.0 cm³/mol. The van der Waals surface area contributed by atoms with Crippen molar-refractivity contribution in [1.29, 1.82) is 0 Å². The van der Waals surface area contributed by atoms with Crippen LogP contribution in [0.2, 0.25) is 0 Å². The normalized spacial score (nSPS) is 10.1. The molecule has 1 amide bonds. The standard InChI is InChI=1S/C7H10N2O2/c1-5(2)7(10)9-6-3-4-8-11-6/h3-5H,1-2H3,(H,9,10). The van der Waals surface area contributed by atoms with Crippen molar-refractivity contribution in [2.75, 3.05) is 5.32 Å². The molecule has 0 aromatic carbocycles. The number of nitrogens with one attached hydrogen (secondary N) is 1. The molecule has 60 valence electrons. The molecule has 0 radical (unpaired) electrons. The lowest BCUT2D eigenvalue weighted by Gasteiger charge is -2.02. The highest BCUT2D eigenvalue weighted by molar-refractivity contribution is 5.90. The van der Waals surface area contributed by atoms with E-state index in [2.05, 4.69) is 15.0 Å². The maximum absolute atomic E-state index is 11.0. The zero-order valence-corrected chi connectivity index (χ0v) is 6.50. The number of carbonyl (C=O) groups is 1. The lowest BCUT2D eigenvalue weighted by atomic mass is 10.2. The molecule has 1 rings (SSSR count). The second kappa shape index (κ2) is 3.18. The van der Waals surface area contributed by atoms with Crippen molar-refractivity contribution in [2.24, 2.45) is 5.92 Å². The third-order valence-electron chi connectivity index (χ3n) is 1.21. The molecule has 4 heteroatoms. The average Bonchev–Trinajstić information content (AvgIpc) is 2.39. The van der Waals surface area contributed by atoms with Gasteiger partial charge in [-0.3, -0.25) is 10.1 Å². The topological polar surface area (TPSA) is 55.1 Å². The molecule has 1 heterocycles. The fraction of sp³-hybridized carbons (Fsp3) is 0.429. The Bertz CT molecular complexity index is 229. The molecular weight excluding hydrogens is 144 g/mol. The quantitative estimate of drug-likeness (QED) is 0.697. The molecular formula is C7H10N2O2. The van der Waals surface area contributed by atoms with Crippen molar-refractivity contribution >= 4 is 11.8 Å². The van der Waals surface area contributed by atoms with Crippen LogP contribution in [-0.4, -0.2) is 11.1 Å². The van der Waals surface area contributed by atoms with Crippen LogP contribution in [0.1, 0.15) is 13.8 Å². The number of nitrogens with zero attached hydrogens (tertiary/aromatic N) is 1. The Morgan fingerprint density at radius 1 is 1.73 bits per heavy atom. The van der Waals surface area contributed by atoms with Crippen molar-refractivity contribution in [3.05, 3.63) is 12.3 Å². The van der Waals surface area contributed by atoms with Gasteiger partial charge in [-0.15, -0.1) is 0 Å². The van der Waals surface area contributed by atoms with E-state index < -0.39 is 0 Å². The maximum atomic E-state index is 11.0. The Hall–Kier alpha value is -1.32. The summed E-state index contributed by atoms with van der Waals surface area (Å²) in [6.45, 7) is 3.62. The Balaban J connectivity index is 2.50. The molecule has 0 aliphatic carbocycles. The first-order chi connectivity index (χ1) is 5.20. The van der Waals surface area contributed by atoms with Crippen molar-refractivity contribution in [1.82, 2.24) is 5.16 Å². The largest absolute Gasteiger partial charge is 0.338 e. The molecule has 1 aromatic heterocycles. The van der Waals surface area contributed by atoms with E-state index in [4.69, 9.17) is 0 Å². The minimum atomic E-state index is -0.0678. The zero-order valence-electron chi connectivity index (χ0n) is 6.50. The summed E-state index contributed by atoms with van der Waals surface area (Å²) >= 11 is 0. The molecule has 0 bridgehead atoms. The van der Waals surface area contributed by atoms with Crippen LogP contribution < -0.4 is 5.32 Å². The number of anilines is 1. The van der Waals surface area contributed by atoms with E-state index in [1.807, 2.05) is 13.8 Å². The fourth-order valence-corrected chi connectivity index (χ4v) is 0.546. The maximum Gasteiger partial charge on any atom is 0.231 e. The molecule has 0 saturated heterocycles. The molecule has 0 saturated carbocycles. The Kier molecular flexibility index (Phi) is 2.25. The van der Waals surface area contributed by atoms with Gasteiger partial charge in [-0.1, -0.05) is 19.0 Å². The number of hydrogen-bond acceptors (Lipinski definition) is 3. The summed E-state index contributed by atoms with van der Waals surface area (Å²) in [6.07, 6.45) is 1.48. The second-order valence-electron chi connectivity index (χ2n) is 2.52. The van der Waals surface area contributed by atoms with Gasteiger partial charge in [0.1, 0.15) is 0 Å². The molecule has 0 spiro atoms. The van der Waals surface area contributed by atoms with Gasteiger partial charge in [-0.05, 0) is 0 Å². The smallest absolute Gasteiger partial charge is 0.231 e. The van der Waals surface area contributed by atoms with E-state index in [0.29, 0.717) is 5.88 Å². The van der Waals surface area contributed by atoms with Gasteiger partial charge in [0.15, 0.2) is 0 Å². The third kappa shape index (κ3) is 2.07. The second-order valence-corrected chi connectivity index (χ2v) is 2.52. The van der Waals surface area contributed by atoms with Crippen LogP contribution in [0.15, 0.2) is 16.8 Å². The van der Waals surface area contributed by atoms with E-state index in [-0.39, 0.29) is 11.8 Å². The number of amides is 1. The molecule has 0 atom stereocenters. The van der Waals surface area contributed by atoms with Gasteiger partial charge in [0, 0.05) is 12.0 Å². The molecule has 11 heavy (non-hydrogen) atoms. The summed E-state index contributed by atoms with van der Waals surface area (Å²) in [5.41, 5.74) is 0. The van der Waals surface area contributed by atoms with E-state index in [9.17, 15) is 4.79 Å². The fourth-order valence-electron chi connectivity index (χ4n) is 0.546. The van der Waals surface area contributed by atoms with Crippen LogP contribution in [-0.2, 0) is 4.79 Å². The van der Waals surface area contributed by atoms with Crippen molar-refractivity contribution in [3.8, 4) is 0 Å². The lowest BCUT2D eigenvalue weighted by molar-refractivity contribution is -0.119. The van der Waals surface area contributed by atoms with Crippen LogP contribution in [0, 0.1) is 5.92 Å². The number of rotatable bonds is 2. The van der Waals surface area contributed by atoms with Crippen LogP contribution in [0.3, 0.4) is 0 Å². The highest BCUT2D eigenvalue weighted by atomic mass is 16.5. The van der Waals surface area contributed by atoms with Crippen molar-refractivity contribution in [2.45, 2.75) is 13.8 Å². The Morgan fingerprint density at radius 2 is 2.45 bits per heavy atom. The van der Waals surface area contributed by atoms with Gasteiger partial charge in [0.25, 0.3) is 0 Å². The Morgan fingerprint density at radius 3 is 2.91 bits per heavy atom. The van der Waals surface area contributed by atoms with Crippen LogP contribution in [0.25, 0.3) is 0 Å². The third-order valence-corrected chi connectivity index (χ3v) is 1.21. The Labute approximate surface area is 64.6 Å². The number of carbonyl (C=O) groups excluding carboxylic acids is 1. The van der Waals surface area contributed by atoms with Gasteiger partial charge in [-0.25, -0.2) is 0 Å².